The van der Waals surface area contributed by atoms with Crippen molar-refractivity contribution in [3.63, 3.8) is 0 Å². The van der Waals surface area contributed by atoms with Crippen LogP contribution in [-0.4, -0.2) is 35.7 Å². The van der Waals surface area contributed by atoms with Crippen LogP contribution in [0.2, 0.25) is 5.02 Å². The molecular weight excluding hydrogens is 362 g/mol. The van der Waals surface area contributed by atoms with Crippen molar-refractivity contribution in [1.82, 2.24) is 14.9 Å². The minimum absolute atomic E-state index is 0.0187. The lowest BCUT2D eigenvalue weighted by Crippen LogP contribution is -2.26. The summed E-state index contributed by atoms with van der Waals surface area (Å²) in [5, 5.41) is 3.66. The molecule has 0 spiro atoms. The molecule has 0 saturated heterocycles. The maximum Gasteiger partial charge on any atom is 0.224 e. The highest BCUT2D eigenvalue weighted by atomic mass is 35.5. The summed E-state index contributed by atoms with van der Waals surface area (Å²) in [5.41, 5.74) is 3.07. The summed E-state index contributed by atoms with van der Waals surface area (Å²) in [6.45, 7) is 2.04. The maximum atomic E-state index is 12.1. The van der Waals surface area contributed by atoms with Gasteiger partial charge in [0.15, 0.2) is 0 Å². The second-order valence-electron chi connectivity index (χ2n) is 6.42. The van der Waals surface area contributed by atoms with Crippen molar-refractivity contribution in [1.29, 1.82) is 0 Å². The largest absolute Gasteiger partial charge is 0.383 e. The van der Waals surface area contributed by atoms with Gasteiger partial charge in [-0.2, -0.15) is 0 Å². The average Bonchev–Trinajstić information content (AvgIpc) is 3.03. The van der Waals surface area contributed by atoms with Crippen molar-refractivity contribution in [2.24, 2.45) is 0 Å². The molecule has 0 aliphatic rings. The number of aromatic nitrogens is 2. The zero-order valence-corrected chi connectivity index (χ0v) is 16.2. The zero-order chi connectivity index (χ0) is 19.1. The Kier molecular flexibility index (Phi) is 6.85. The molecule has 0 unspecified atom stereocenters. The number of benzene rings is 2. The molecule has 27 heavy (non-hydrogen) atoms. The quantitative estimate of drug-likeness (QED) is 0.572. The molecule has 0 radical (unpaired) electrons. The van der Waals surface area contributed by atoms with E-state index in [1.54, 1.807) is 19.2 Å². The number of hydrogen-bond acceptors (Lipinski definition) is 3. The Hall–Kier alpha value is -2.37. The first-order valence-electron chi connectivity index (χ1n) is 9.11. The first-order valence-corrected chi connectivity index (χ1v) is 9.49. The van der Waals surface area contributed by atoms with Crippen molar-refractivity contribution in [2.75, 3.05) is 20.3 Å². The van der Waals surface area contributed by atoms with E-state index in [0.29, 0.717) is 24.6 Å². The van der Waals surface area contributed by atoms with Crippen LogP contribution in [0, 0.1) is 0 Å². The molecule has 0 bridgehead atoms. The monoisotopic (exact) mass is 385 g/mol. The first-order chi connectivity index (χ1) is 13.2. The summed E-state index contributed by atoms with van der Waals surface area (Å²) in [5.74, 6) is 1.05. The summed E-state index contributed by atoms with van der Waals surface area (Å²) < 4.78 is 7.43. The molecule has 3 rings (SSSR count). The predicted molar refractivity (Wildman–Crippen MR) is 108 cm³/mol. The number of amides is 1. The van der Waals surface area contributed by atoms with Crippen LogP contribution in [0.1, 0.15) is 17.8 Å². The second kappa shape index (κ2) is 9.53. The van der Waals surface area contributed by atoms with Crippen LogP contribution in [0.15, 0.2) is 48.5 Å². The van der Waals surface area contributed by atoms with E-state index in [0.717, 1.165) is 41.8 Å². The van der Waals surface area contributed by atoms with E-state index in [9.17, 15) is 4.79 Å². The molecule has 0 atom stereocenters. The molecule has 0 saturated carbocycles. The van der Waals surface area contributed by atoms with Gasteiger partial charge in [0.25, 0.3) is 0 Å². The molecule has 5 nitrogen and oxygen atoms in total. The normalized spacial score (nSPS) is 11.0. The summed E-state index contributed by atoms with van der Waals surface area (Å²) in [7, 11) is 1.70. The average molecular weight is 386 g/mol. The molecule has 1 N–H and O–H groups in total. The number of imidazole rings is 1. The number of ether oxygens (including phenoxy) is 1. The summed E-state index contributed by atoms with van der Waals surface area (Å²) in [4.78, 5) is 16.8. The smallest absolute Gasteiger partial charge is 0.224 e. The summed E-state index contributed by atoms with van der Waals surface area (Å²) in [6.07, 6.45) is 2.01. The molecule has 0 aliphatic carbocycles. The zero-order valence-electron chi connectivity index (χ0n) is 15.5. The SMILES string of the molecule is COCCn1c(CCCNC(=O)Cc2ccc(Cl)cc2)nc2ccccc21. The van der Waals surface area contributed by atoms with E-state index < -0.39 is 0 Å². The number of fused-ring (bicyclic) bond motifs is 1. The topological polar surface area (TPSA) is 56.1 Å². The molecule has 2 aromatic carbocycles. The highest BCUT2D eigenvalue weighted by Crippen LogP contribution is 2.17. The van der Waals surface area contributed by atoms with Gasteiger partial charge in [0.2, 0.25) is 5.91 Å². The minimum Gasteiger partial charge on any atom is -0.383 e. The van der Waals surface area contributed by atoms with Crippen molar-refractivity contribution in [2.45, 2.75) is 25.8 Å². The number of para-hydroxylation sites is 2. The molecule has 1 heterocycles. The molecule has 0 aliphatic heterocycles. The lowest BCUT2D eigenvalue weighted by molar-refractivity contribution is -0.120. The third-order valence-electron chi connectivity index (χ3n) is 4.43. The summed E-state index contributed by atoms with van der Waals surface area (Å²) in [6, 6.07) is 15.5. The number of carbonyl (C=O) groups excluding carboxylic acids is 1. The van der Waals surface area contributed by atoms with Gasteiger partial charge in [-0.1, -0.05) is 35.9 Å². The Morgan fingerprint density at radius 1 is 1.19 bits per heavy atom. The van der Waals surface area contributed by atoms with E-state index in [-0.39, 0.29) is 5.91 Å². The van der Waals surface area contributed by atoms with Gasteiger partial charge >= 0.3 is 0 Å². The third kappa shape index (κ3) is 5.31. The summed E-state index contributed by atoms with van der Waals surface area (Å²) >= 11 is 5.87. The van der Waals surface area contributed by atoms with Crippen LogP contribution in [0.5, 0.6) is 0 Å². The van der Waals surface area contributed by atoms with E-state index in [1.807, 2.05) is 30.3 Å². The minimum atomic E-state index is 0.0187. The van der Waals surface area contributed by atoms with E-state index in [4.69, 9.17) is 21.3 Å². The molecule has 6 heteroatoms. The van der Waals surface area contributed by atoms with Gasteiger partial charge in [-0.15, -0.1) is 0 Å². The number of nitrogens with one attached hydrogen (secondary N) is 1. The fourth-order valence-corrected chi connectivity index (χ4v) is 3.20. The van der Waals surface area contributed by atoms with Crippen LogP contribution >= 0.6 is 11.6 Å². The lowest BCUT2D eigenvalue weighted by Gasteiger charge is -2.09. The number of halogens is 1. The standard InChI is InChI=1S/C21H24ClN3O2/c1-27-14-13-25-19-6-3-2-5-18(19)24-20(25)7-4-12-23-21(26)15-16-8-10-17(22)11-9-16/h2-3,5-6,8-11H,4,7,12-15H2,1H3,(H,23,26). The van der Waals surface area contributed by atoms with Crippen molar-refractivity contribution >= 4 is 28.5 Å². The predicted octanol–water partition coefficient (Wildman–Crippen LogP) is 3.63. The van der Waals surface area contributed by atoms with Crippen LogP contribution in [0.25, 0.3) is 11.0 Å². The fourth-order valence-electron chi connectivity index (χ4n) is 3.07. The third-order valence-corrected chi connectivity index (χ3v) is 4.68. The van der Waals surface area contributed by atoms with Crippen LogP contribution < -0.4 is 5.32 Å². The number of carbonyl (C=O) groups is 1. The van der Waals surface area contributed by atoms with Crippen molar-refractivity contribution in [3.8, 4) is 0 Å². The Morgan fingerprint density at radius 3 is 2.74 bits per heavy atom. The first kappa shape index (κ1) is 19.4. The van der Waals surface area contributed by atoms with Crippen molar-refractivity contribution < 1.29 is 9.53 Å². The van der Waals surface area contributed by atoms with Crippen molar-refractivity contribution in [3.05, 3.63) is 64.9 Å². The number of aryl methyl sites for hydroxylation is 1. The second-order valence-corrected chi connectivity index (χ2v) is 6.85. The Balaban J connectivity index is 1.52. The number of rotatable bonds is 9. The number of methoxy groups -OCH3 is 1. The van der Waals surface area contributed by atoms with Gasteiger partial charge in [0, 0.05) is 31.6 Å². The van der Waals surface area contributed by atoms with Crippen LogP contribution in [0.4, 0.5) is 0 Å². The highest BCUT2D eigenvalue weighted by molar-refractivity contribution is 6.30. The Labute approximate surface area is 164 Å². The van der Waals surface area contributed by atoms with Gasteiger partial charge in [0.05, 0.1) is 24.1 Å². The molecule has 0 fully saturated rings. The Morgan fingerprint density at radius 2 is 1.96 bits per heavy atom. The number of nitrogens with zero attached hydrogens (tertiary/aromatic N) is 2. The molecular formula is C21H24ClN3O2. The van der Waals surface area contributed by atoms with Gasteiger partial charge in [0.1, 0.15) is 5.82 Å². The van der Waals surface area contributed by atoms with E-state index in [1.165, 1.54) is 0 Å². The van der Waals surface area contributed by atoms with Crippen LogP contribution in [-0.2, 0) is 28.9 Å². The van der Waals surface area contributed by atoms with Crippen LogP contribution in [0.3, 0.4) is 0 Å². The van der Waals surface area contributed by atoms with E-state index in [2.05, 4.69) is 16.0 Å². The van der Waals surface area contributed by atoms with E-state index >= 15 is 0 Å². The Bertz CT molecular complexity index is 890. The van der Waals surface area contributed by atoms with Gasteiger partial charge in [-0.3, -0.25) is 4.79 Å². The molecule has 1 amide bonds. The maximum absolute atomic E-state index is 12.1. The fraction of sp³-hybridized carbons (Fsp3) is 0.333. The molecule has 1 aromatic heterocycles. The molecule has 142 valence electrons. The van der Waals surface area contributed by atoms with Gasteiger partial charge in [-0.05, 0) is 36.2 Å². The number of hydrogen-bond donors (Lipinski definition) is 1. The van der Waals surface area contributed by atoms with Gasteiger partial charge < -0.3 is 14.6 Å². The van der Waals surface area contributed by atoms with Gasteiger partial charge in [-0.25, -0.2) is 4.98 Å². The molecule has 3 aromatic rings. The lowest BCUT2D eigenvalue weighted by atomic mass is 10.1. The highest BCUT2D eigenvalue weighted by Gasteiger charge is 2.10.